The standard InChI is InChI=1S/C16H19ClINOS/c1-3-6-19-14(12-9-16(18)21-10-12)8-11-7-13(17)4-5-15(11)20-2/h4-5,7,9-10,14,19H,3,6,8H2,1-2H3. The van der Waals surface area contributed by atoms with Crippen LogP contribution in [-0.4, -0.2) is 13.7 Å². The summed E-state index contributed by atoms with van der Waals surface area (Å²) in [6, 6.07) is 8.34. The predicted octanol–water partition coefficient (Wildman–Crippen LogP) is 5.30. The van der Waals surface area contributed by atoms with E-state index in [0.717, 1.165) is 35.7 Å². The maximum Gasteiger partial charge on any atom is 0.122 e. The van der Waals surface area contributed by atoms with E-state index in [9.17, 15) is 0 Å². The summed E-state index contributed by atoms with van der Waals surface area (Å²) in [4.78, 5) is 0. The van der Waals surface area contributed by atoms with Crippen LogP contribution in [0.3, 0.4) is 0 Å². The van der Waals surface area contributed by atoms with Crippen molar-refractivity contribution in [3.05, 3.63) is 48.7 Å². The molecule has 0 amide bonds. The summed E-state index contributed by atoms with van der Waals surface area (Å²) in [7, 11) is 1.70. The number of hydrogen-bond acceptors (Lipinski definition) is 3. The molecule has 0 aliphatic rings. The van der Waals surface area contributed by atoms with Crippen molar-refractivity contribution >= 4 is 45.5 Å². The Bertz CT molecular complexity index is 587. The van der Waals surface area contributed by atoms with Crippen LogP contribution in [0.4, 0.5) is 0 Å². The molecule has 5 heteroatoms. The molecule has 0 aliphatic carbocycles. The van der Waals surface area contributed by atoms with Crippen LogP contribution < -0.4 is 10.1 Å². The molecule has 1 heterocycles. The highest BCUT2D eigenvalue weighted by Crippen LogP contribution is 2.30. The number of hydrogen-bond donors (Lipinski definition) is 1. The molecule has 0 spiro atoms. The molecule has 21 heavy (non-hydrogen) atoms. The Hall–Kier alpha value is -0.300. The van der Waals surface area contributed by atoms with E-state index in [1.54, 1.807) is 18.4 Å². The molecule has 1 atom stereocenters. The molecule has 114 valence electrons. The Morgan fingerprint density at radius 1 is 1.38 bits per heavy atom. The molecule has 0 aliphatic heterocycles. The van der Waals surface area contributed by atoms with Crippen molar-refractivity contribution in [3.8, 4) is 5.75 Å². The molecule has 1 N–H and O–H groups in total. The summed E-state index contributed by atoms with van der Waals surface area (Å²) in [5.41, 5.74) is 2.47. The van der Waals surface area contributed by atoms with E-state index < -0.39 is 0 Å². The van der Waals surface area contributed by atoms with Crippen molar-refractivity contribution in [2.45, 2.75) is 25.8 Å². The molecule has 2 rings (SSSR count). The van der Waals surface area contributed by atoms with Gasteiger partial charge in [0, 0.05) is 11.1 Å². The van der Waals surface area contributed by atoms with Crippen LogP contribution in [0.2, 0.25) is 5.02 Å². The lowest BCUT2D eigenvalue weighted by Gasteiger charge is -2.19. The lowest BCUT2D eigenvalue weighted by atomic mass is 10.00. The Kier molecular flexibility index (Phi) is 6.79. The Morgan fingerprint density at radius 2 is 2.19 bits per heavy atom. The third-order valence-electron chi connectivity index (χ3n) is 3.30. The average molecular weight is 436 g/mol. The van der Waals surface area contributed by atoms with Gasteiger partial charge in [-0.2, -0.15) is 0 Å². The fourth-order valence-corrected chi connectivity index (χ4v) is 3.88. The highest BCUT2D eigenvalue weighted by molar-refractivity contribution is 14.1. The summed E-state index contributed by atoms with van der Waals surface area (Å²) in [6.45, 7) is 3.18. The second kappa shape index (κ2) is 8.36. The van der Waals surface area contributed by atoms with Gasteiger partial charge in [-0.3, -0.25) is 0 Å². The predicted molar refractivity (Wildman–Crippen MR) is 99.8 cm³/mol. The van der Waals surface area contributed by atoms with Gasteiger partial charge in [0.15, 0.2) is 0 Å². The molecule has 2 nitrogen and oxygen atoms in total. The van der Waals surface area contributed by atoms with Crippen molar-refractivity contribution in [1.29, 1.82) is 0 Å². The highest BCUT2D eigenvalue weighted by atomic mass is 127. The SMILES string of the molecule is CCCNC(Cc1cc(Cl)ccc1OC)c1csc(I)c1. The molecular formula is C16H19ClINOS. The van der Waals surface area contributed by atoms with Crippen LogP contribution in [0.5, 0.6) is 5.75 Å². The summed E-state index contributed by atoms with van der Waals surface area (Å²) >= 11 is 10.3. The lowest BCUT2D eigenvalue weighted by molar-refractivity contribution is 0.405. The van der Waals surface area contributed by atoms with Gasteiger partial charge in [-0.25, -0.2) is 0 Å². The summed E-state index contributed by atoms with van der Waals surface area (Å²) < 4.78 is 6.77. The number of halogens is 2. The van der Waals surface area contributed by atoms with Crippen LogP contribution >= 0.6 is 45.5 Å². The topological polar surface area (TPSA) is 21.3 Å². The molecule has 0 saturated heterocycles. The normalized spacial score (nSPS) is 12.4. The Labute approximate surface area is 149 Å². The van der Waals surface area contributed by atoms with Gasteiger partial charge < -0.3 is 10.1 Å². The molecule has 0 fully saturated rings. The largest absolute Gasteiger partial charge is 0.496 e. The van der Waals surface area contributed by atoms with E-state index in [-0.39, 0.29) is 6.04 Å². The first-order valence-corrected chi connectivity index (χ1v) is 9.27. The van der Waals surface area contributed by atoms with E-state index in [2.05, 4.69) is 46.3 Å². The Morgan fingerprint density at radius 3 is 2.81 bits per heavy atom. The van der Waals surface area contributed by atoms with Gasteiger partial charge in [0.25, 0.3) is 0 Å². The maximum atomic E-state index is 6.14. The van der Waals surface area contributed by atoms with Crippen LogP contribution in [-0.2, 0) is 6.42 Å². The van der Waals surface area contributed by atoms with Crippen molar-refractivity contribution in [1.82, 2.24) is 5.32 Å². The van der Waals surface area contributed by atoms with E-state index in [1.807, 2.05) is 18.2 Å². The maximum absolute atomic E-state index is 6.14. The van der Waals surface area contributed by atoms with Crippen LogP contribution in [0.15, 0.2) is 29.6 Å². The molecule has 1 unspecified atom stereocenters. The van der Waals surface area contributed by atoms with E-state index >= 15 is 0 Å². The molecule has 1 aromatic carbocycles. The molecule has 0 bridgehead atoms. The zero-order chi connectivity index (χ0) is 15.2. The van der Waals surface area contributed by atoms with Crippen molar-refractivity contribution in [2.75, 3.05) is 13.7 Å². The third kappa shape index (κ3) is 4.84. The molecule has 2 aromatic rings. The minimum atomic E-state index is 0.289. The van der Waals surface area contributed by atoms with E-state index in [1.165, 1.54) is 8.45 Å². The third-order valence-corrected chi connectivity index (χ3v) is 5.34. The van der Waals surface area contributed by atoms with E-state index in [0.29, 0.717) is 0 Å². The number of nitrogens with one attached hydrogen (secondary N) is 1. The van der Waals surface area contributed by atoms with Gasteiger partial charge in [-0.1, -0.05) is 18.5 Å². The number of thiophene rings is 1. The second-order valence-corrected chi connectivity index (χ2v) is 8.09. The van der Waals surface area contributed by atoms with E-state index in [4.69, 9.17) is 16.3 Å². The van der Waals surface area contributed by atoms with Gasteiger partial charge >= 0.3 is 0 Å². The van der Waals surface area contributed by atoms with Crippen LogP contribution in [0, 0.1) is 2.88 Å². The highest BCUT2D eigenvalue weighted by Gasteiger charge is 2.16. The molecule has 0 saturated carbocycles. The minimum Gasteiger partial charge on any atom is -0.496 e. The molecule has 1 aromatic heterocycles. The summed E-state index contributed by atoms with van der Waals surface area (Å²) in [5, 5.41) is 6.60. The van der Waals surface area contributed by atoms with Crippen LogP contribution in [0.25, 0.3) is 0 Å². The van der Waals surface area contributed by atoms with Crippen LogP contribution in [0.1, 0.15) is 30.5 Å². The first-order chi connectivity index (χ1) is 10.1. The quantitative estimate of drug-likeness (QED) is 0.596. The summed E-state index contributed by atoms with van der Waals surface area (Å²) in [5.74, 6) is 0.896. The number of benzene rings is 1. The zero-order valence-electron chi connectivity index (χ0n) is 12.2. The fourth-order valence-electron chi connectivity index (χ4n) is 2.26. The van der Waals surface area contributed by atoms with Gasteiger partial charge in [-0.15, -0.1) is 11.3 Å². The van der Waals surface area contributed by atoms with Crippen molar-refractivity contribution in [3.63, 3.8) is 0 Å². The first-order valence-electron chi connectivity index (χ1n) is 6.93. The number of ether oxygens (including phenoxy) is 1. The van der Waals surface area contributed by atoms with Gasteiger partial charge in [-0.05, 0) is 82.7 Å². The van der Waals surface area contributed by atoms with Crippen molar-refractivity contribution in [2.24, 2.45) is 0 Å². The first kappa shape index (κ1) is 17.1. The van der Waals surface area contributed by atoms with Gasteiger partial charge in [0.1, 0.15) is 5.75 Å². The minimum absolute atomic E-state index is 0.289. The van der Waals surface area contributed by atoms with Gasteiger partial charge in [0.05, 0.1) is 9.99 Å². The average Bonchev–Trinajstić information content (AvgIpc) is 2.90. The fraction of sp³-hybridized carbons (Fsp3) is 0.375. The second-order valence-electron chi connectivity index (χ2n) is 4.85. The smallest absolute Gasteiger partial charge is 0.122 e. The lowest BCUT2D eigenvalue weighted by Crippen LogP contribution is -2.23. The Balaban J connectivity index is 2.24. The molecular weight excluding hydrogens is 417 g/mol. The summed E-state index contributed by atoms with van der Waals surface area (Å²) in [6.07, 6.45) is 1.99. The number of rotatable bonds is 7. The van der Waals surface area contributed by atoms with Gasteiger partial charge in [0.2, 0.25) is 0 Å². The zero-order valence-corrected chi connectivity index (χ0v) is 15.9. The monoisotopic (exact) mass is 435 g/mol. The molecule has 0 radical (unpaired) electrons. The number of methoxy groups -OCH3 is 1. The van der Waals surface area contributed by atoms with Crippen molar-refractivity contribution < 1.29 is 4.74 Å².